The minimum atomic E-state index is 0.00994. The second-order valence-corrected chi connectivity index (χ2v) is 8.45. The van der Waals surface area contributed by atoms with Gasteiger partial charge in [0.2, 0.25) is 0 Å². The van der Waals surface area contributed by atoms with Crippen molar-refractivity contribution in [3.63, 3.8) is 0 Å². The summed E-state index contributed by atoms with van der Waals surface area (Å²) in [5.41, 5.74) is 1.78. The quantitative estimate of drug-likeness (QED) is 0.443. The lowest BCUT2D eigenvalue weighted by molar-refractivity contribution is 0.0951. The first kappa shape index (κ1) is 18.6. The van der Waals surface area contributed by atoms with Gasteiger partial charge in [-0.15, -0.1) is 0 Å². The predicted octanol–water partition coefficient (Wildman–Crippen LogP) is 4.30. The summed E-state index contributed by atoms with van der Waals surface area (Å²) in [4.78, 5) is 23.6. The molecule has 2 aliphatic rings. The van der Waals surface area contributed by atoms with Crippen LogP contribution in [0.25, 0.3) is 0 Å². The molecule has 0 bridgehead atoms. The summed E-state index contributed by atoms with van der Waals surface area (Å²) in [6, 6.07) is 9.97. The number of halogens is 1. The maximum absolute atomic E-state index is 12.2. The second-order valence-electron chi connectivity index (χ2n) is 7.12. The zero-order chi connectivity index (χ0) is 18.6. The SMILES string of the molecule is O=C(NC1CC1)c1cccc(CSc2nc(Cl)cc(N3CCCCC3)n2)c1. The number of benzene rings is 1. The normalized spacial score (nSPS) is 17.0. The van der Waals surface area contributed by atoms with E-state index in [-0.39, 0.29) is 5.91 Å². The monoisotopic (exact) mass is 402 g/mol. The topological polar surface area (TPSA) is 58.1 Å². The molecule has 1 aliphatic heterocycles. The highest BCUT2D eigenvalue weighted by Crippen LogP contribution is 2.26. The average Bonchev–Trinajstić information content (AvgIpc) is 3.51. The number of nitrogens with zero attached hydrogens (tertiary/aromatic N) is 3. The first-order valence-electron chi connectivity index (χ1n) is 9.49. The van der Waals surface area contributed by atoms with Gasteiger partial charge < -0.3 is 10.2 Å². The smallest absolute Gasteiger partial charge is 0.251 e. The molecule has 2 fully saturated rings. The summed E-state index contributed by atoms with van der Waals surface area (Å²) in [6.45, 7) is 2.05. The van der Waals surface area contributed by atoms with Gasteiger partial charge in [-0.05, 0) is 49.8 Å². The van der Waals surface area contributed by atoms with Crippen LogP contribution in [-0.2, 0) is 5.75 Å². The van der Waals surface area contributed by atoms with Gasteiger partial charge in [0.05, 0.1) is 0 Å². The number of aromatic nitrogens is 2. The first-order chi connectivity index (χ1) is 13.2. The van der Waals surface area contributed by atoms with Gasteiger partial charge in [-0.1, -0.05) is 35.5 Å². The summed E-state index contributed by atoms with van der Waals surface area (Å²) >= 11 is 7.78. The molecule has 0 unspecified atom stereocenters. The number of hydrogen-bond acceptors (Lipinski definition) is 5. The van der Waals surface area contributed by atoms with E-state index in [4.69, 9.17) is 16.6 Å². The van der Waals surface area contributed by atoms with Crippen molar-refractivity contribution >= 4 is 35.1 Å². The zero-order valence-electron chi connectivity index (χ0n) is 15.2. The van der Waals surface area contributed by atoms with Crippen molar-refractivity contribution < 1.29 is 4.79 Å². The Kier molecular flexibility index (Phi) is 5.83. The van der Waals surface area contributed by atoms with Gasteiger partial charge in [0.1, 0.15) is 11.0 Å². The average molecular weight is 403 g/mol. The Labute approximate surface area is 168 Å². The van der Waals surface area contributed by atoms with E-state index >= 15 is 0 Å². The maximum Gasteiger partial charge on any atom is 0.251 e. The number of nitrogens with one attached hydrogen (secondary N) is 1. The molecular weight excluding hydrogens is 380 g/mol. The number of thioether (sulfide) groups is 1. The predicted molar refractivity (Wildman–Crippen MR) is 110 cm³/mol. The molecule has 1 saturated heterocycles. The fourth-order valence-corrected chi connectivity index (χ4v) is 4.21. The number of amides is 1. The van der Waals surface area contributed by atoms with Crippen LogP contribution in [0, 0.1) is 0 Å². The highest BCUT2D eigenvalue weighted by molar-refractivity contribution is 7.98. The molecule has 0 atom stereocenters. The highest BCUT2D eigenvalue weighted by Gasteiger charge is 2.23. The van der Waals surface area contributed by atoms with E-state index in [0.29, 0.717) is 27.7 Å². The van der Waals surface area contributed by atoms with E-state index in [1.54, 1.807) is 11.8 Å². The summed E-state index contributed by atoms with van der Waals surface area (Å²) in [6.07, 6.45) is 5.85. The van der Waals surface area contributed by atoms with Crippen LogP contribution in [0.3, 0.4) is 0 Å². The molecule has 1 aromatic carbocycles. The number of carbonyl (C=O) groups is 1. The van der Waals surface area contributed by atoms with Gasteiger partial charge in [0.25, 0.3) is 5.91 Å². The molecule has 0 radical (unpaired) electrons. The minimum absolute atomic E-state index is 0.00994. The molecule has 7 heteroatoms. The van der Waals surface area contributed by atoms with Crippen LogP contribution < -0.4 is 10.2 Å². The molecule has 0 spiro atoms. The van der Waals surface area contributed by atoms with Crippen LogP contribution in [0.5, 0.6) is 0 Å². The molecule has 1 amide bonds. The standard InChI is InChI=1S/C20H23ClN4OS/c21-17-12-18(25-9-2-1-3-10-25)24-20(23-17)27-13-14-5-4-6-15(11-14)19(26)22-16-7-8-16/h4-6,11-12,16H,1-3,7-10,13H2,(H,22,26). The Morgan fingerprint density at radius 1 is 1.19 bits per heavy atom. The van der Waals surface area contributed by atoms with Crippen molar-refractivity contribution in [1.82, 2.24) is 15.3 Å². The number of carbonyl (C=O) groups excluding carboxylic acids is 1. The van der Waals surface area contributed by atoms with Gasteiger partial charge in [0, 0.05) is 36.5 Å². The van der Waals surface area contributed by atoms with Crippen LogP contribution >= 0.6 is 23.4 Å². The molecule has 1 saturated carbocycles. The lowest BCUT2D eigenvalue weighted by atomic mass is 10.1. The van der Waals surface area contributed by atoms with Crippen molar-refractivity contribution in [3.05, 3.63) is 46.6 Å². The Hall–Kier alpha value is -1.79. The van der Waals surface area contributed by atoms with E-state index in [1.165, 1.54) is 19.3 Å². The zero-order valence-corrected chi connectivity index (χ0v) is 16.7. The van der Waals surface area contributed by atoms with Crippen molar-refractivity contribution in [3.8, 4) is 0 Å². The summed E-state index contributed by atoms with van der Waals surface area (Å²) in [7, 11) is 0. The molecular formula is C20H23ClN4OS. The molecule has 5 nitrogen and oxygen atoms in total. The third kappa shape index (κ3) is 5.14. The first-order valence-corrected chi connectivity index (χ1v) is 10.9. The van der Waals surface area contributed by atoms with Crippen molar-refractivity contribution in [2.45, 2.75) is 49.1 Å². The fourth-order valence-electron chi connectivity index (χ4n) is 3.18. The molecule has 1 N–H and O–H groups in total. The Balaban J connectivity index is 1.42. The molecule has 142 valence electrons. The minimum Gasteiger partial charge on any atom is -0.356 e. The van der Waals surface area contributed by atoms with Crippen LogP contribution in [0.1, 0.15) is 48.0 Å². The van der Waals surface area contributed by atoms with E-state index < -0.39 is 0 Å². The van der Waals surface area contributed by atoms with Crippen LogP contribution in [0.4, 0.5) is 5.82 Å². The van der Waals surface area contributed by atoms with Gasteiger partial charge in [-0.25, -0.2) is 9.97 Å². The van der Waals surface area contributed by atoms with Crippen LogP contribution in [0.2, 0.25) is 5.15 Å². The molecule has 1 aromatic heterocycles. The van der Waals surface area contributed by atoms with Gasteiger partial charge in [-0.3, -0.25) is 4.79 Å². The van der Waals surface area contributed by atoms with Crippen LogP contribution in [-0.4, -0.2) is 35.0 Å². The summed E-state index contributed by atoms with van der Waals surface area (Å²) < 4.78 is 0. The van der Waals surface area contributed by atoms with Gasteiger partial charge >= 0.3 is 0 Å². The Morgan fingerprint density at radius 3 is 2.78 bits per heavy atom. The third-order valence-corrected chi connectivity index (χ3v) is 5.92. The number of hydrogen-bond donors (Lipinski definition) is 1. The molecule has 4 rings (SSSR count). The fraction of sp³-hybridized carbons (Fsp3) is 0.450. The number of anilines is 1. The summed E-state index contributed by atoms with van der Waals surface area (Å²) in [5.74, 6) is 1.62. The third-order valence-electron chi connectivity index (χ3n) is 4.81. The molecule has 27 heavy (non-hydrogen) atoms. The Morgan fingerprint density at radius 2 is 2.00 bits per heavy atom. The largest absolute Gasteiger partial charge is 0.356 e. The summed E-state index contributed by atoms with van der Waals surface area (Å²) in [5, 5.41) is 4.18. The number of rotatable bonds is 6. The molecule has 2 aromatic rings. The maximum atomic E-state index is 12.2. The van der Waals surface area contributed by atoms with Crippen molar-refractivity contribution in [1.29, 1.82) is 0 Å². The lowest BCUT2D eigenvalue weighted by Gasteiger charge is -2.27. The lowest BCUT2D eigenvalue weighted by Crippen LogP contribution is -2.30. The van der Waals surface area contributed by atoms with E-state index in [1.807, 2.05) is 30.3 Å². The van der Waals surface area contributed by atoms with Crippen LogP contribution in [0.15, 0.2) is 35.5 Å². The highest BCUT2D eigenvalue weighted by atomic mass is 35.5. The van der Waals surface area contributed by atoms with E-state index in [9.17, 15) is 4.79 Å². The Bertz CT molecular complexity index is 821. The second kappa shape index (κ2) is 8.48. The van der Waals surface area contributed by atoms with Gasteiger partial charge in [0.15, 0.2) is 5.16 Å². The number of piperidine rings is 1. The van der Waals surface area contributed by atoms with E-state index in [2.05, 4.69) is 15.2 Å². The van der Waals surface area contributed by atoms with Crippen molar-refractivity contribution in [2.75, 3.05) is 18.0 Å². The molecule has 1 aliphatic carbocycles. The van der Waals surface area contributed by atoms with E-state index in [0.717, 1.165) is 37.3 Å². The van der Waals surface area contributed by atoms with Crippen molar-refractivity contribution in [2.24, 2.45) is 0 Å². The van der Waals surface area contributed by atoms with Gasteiger partial charge in [-0.2, -0.15) is 0 Å². The molecule has 2 heterocycles.